The highest BCUT2D eigenvalue weighted by Crippen LogP contribution is 2.29. The van der Waals surface area contributed by atoms with Crippen LogP contribution in [-0.2, 0) is 11.0 Å². The molecule has 0 unspecified atom stereocenters. The monoisotopic (exact) mass is 380 g/mol. The number of halogens is 3. The number of benzene rings is 2. The maximum absolute atomic E-state index is 12.6. The fourth-order valence-corrected chi connectivity index (χ4v) is 2.39. The number of anilines is 1. The first-order valence-electron chi connectivity index (χ1n) is 8.15. The molecule has 0 atom stereocenters. The molecule has 2 aromatic carbocycles. The van der Waals surface area contributed by atoms with E-state index in [1.807, 2.05) is 0 Å². The molecular weight excluding hydrogens is 361 g/mol. The number of carbonyl (C=O) groups excluding carboxylic acids is 2. The van der Waals surface area contributed by atoms with Crippen molar-refractivity contribution in [2.45, 2.75) is 13.1 Å². The maximum atomic E-state index is 12.6. The molecule has 0 aliphatic rings. The summed E-state index contributed by atoms with van der Waals surface area (Å²) in [7, 11) is 1.50. The fraction of sp³-hybridized carbons (Fsp3) is 0.263. The second-order valence-electron chi connectivity index (χ2n) is 5.67. The van der Waals surface area contributed by atoms with Crippen molar-refractivity contribution in [2.24, 2.45) is 0 Å². The van der Waals surface area contributed by atoms with E-state index in [0.29, 0.717) is 11.4 Å². The lowest BCUT2D eigenvalue weighted by Crippen LogP contribution is -2.37. The van der Waals surface area contributed by atoms with E-state index in [1.165, 1.54) is 12.0 Å². The van der Waals surface area contributed by atoms with Crippen molar-refractivity contribution >= 4 is 17.5 Å². The van der Waals surface area contributed by atoms with E-state index in [9.17, 15) is 22.8 Å². The van der Waals surface area contributed by atoms with Gasteiger partial charge in [-0.25, -0.2) is 0 Å². The normalized spacial score (nSPS) is 11.0. The molecule has 0 saturated carbocycles. The van der Waals surface area contributed by atoms with Gasteiger partial charge in [-0.15, -0.1) is 0 Å². The zero-order valence-corrected chi connectivity index (χ0v) is 14.8. The van der Waals surface area contributed by atoms with Crippen LogP contribution < -0.4 is 10.1 Å². The van der Waals surface area contributed by atoms with Crippen LogP contribution >= 0.6 is 0 Å². The molecule has 8 heteroatoms. The van der Waals surface area contributed by atoms with E-state index in [4.69, 9.17) is 4.74 Å². The summed E-state index contributed by atoms with van der Waals surface area (Å²) in [4.78, 5) is 25.9. The number of alkyl halides is 3. The topological polar surface area (TPSA) is 58.6 Å². The average Bonchev–Trinajstić information content (AvgIpc) is 2.65. The first kappa shape index (κ1) is 20.3. The summed E-state index contributed by atoms with van der Waals surface area (Å²) >= 11 is 0. The summed E-state index contributed by atoms with van der Waals surface area (Å²) in [6.07, 6.45) is -4.47. The number of likely N-dealkylation sites (N-methyl/N-ethyl adjacent to an activating group) is 1. The quantitative estimate of drug-likeness (QED) is 0.829. The predicted octanol–water partition coefficient (Wildman–Crippen LogP) is 3.81. The van der Waals surface area contributed by atoms with Gasteiger partial charge in [0.15, 0.2) is 0 Å². The molecule has 0 spiro atoms. The largest absolute Gasteiger partial charge is 0.497 e. The molecule has 0 heterocycles. The molecule has 144 valence electrons. The number of nitrogens with zero attached hydrogens (tertiary/aromatic N) is 1. The minimum atomic E-state index is -4.47. The zero-order chi connectivity index (χ0) is 20.0. The second kappa shape index (κ2) is 8.57. The van der Waals surface area contributed by atoms with Crippen molar-refractivity contribution in [3.8, 4) is 5.75 Å². The lowest BCUT2D eigenvalue weighted by molar-refractivity contribution is -0.137. The number of methoxy groups -OCH3 is 1. The molecule has 2 amide bonds. The zero-order valence-electron chi connectivity index (χ0n) is 14.8. The Bertz CT molecular complexity index is 805. The number of hydrogen-bond donors (Lipinski definition) is 1. The van der Waals surface area contributed by atoms with Crippen molar-refractivity contribution < 1.29 is 27.5 Å². The van der Waals surface area contributed by atoms with Gasteiger partial charge in [-0.3, -0.25) is 9.59 Å². The van der Waals surface area contributed by atoms with Crippen LogP contribution in [0.25, 0.3) is 0 Å². The van der Waals surface area contributed by atoms with Crippen molar-refractivity contribution in [1.82, 2.24) is 4.90 Å². The minimum Gasteiger partial charge on any atom is -0.497 e. The number of rotatable bonds is 6. The summed E-state index contributed by atoms with van der Waals surface area (Å²) in [5.74, 6) is -0.377. The molecule has 0 aromatic heterocycles. The number of nitrogens with one attached hydrogen (secondary N) is 1. The summed E-state index contributed by atoms with van der Waals surface area (Å²) in [6.45, 7) is 1.68. The summed E-state index contributed by atoms with van der Waals surface area (Å²) in [5, 5.41) is 2.66. The van der Waals surface area contributed by atoms with Crippen LogP contribution in [-0.4, -0.2) is 36.9 Å². The first-order chi connectivity index (χ1) is 12.7. The van der Waals surface area contributed by atoms with Gasteiger partial charge < -0.3 is 15.0 Å². The highest BCUT2D eigenvalue weighted by molar-refractivity contribution is 5.99. The van der Waals surface area contributed by atoms with Gasteiger partial charge in [0.2, 0.25) is 5.91 Å². The molecule has 2 aromatic rings. The van der Waals surface area contributed by atoms with Crippen LogP contribution in [0.5, 0.6) is 5.75 Å². The summed E-state index contributed by atoms with van der Waals surface area (Å²) < 4.78 is 42.9. The predicted molar refractivity (Wildman–Crippen MR) is 94.6 cm³/mol. The minimum absolute atomic E-state index is 0.0824. The first-order valence-corrected chi connectivity index (χ1v) is 8.15. The highest BCUT2D eigenvalue weighted by atomic mass is 19.4. The molecule has 0 radical (unpaired) electrons. The van der Waals surface area contributed by atoms with Crippen molar-refractivity contribution in [2.75, 3.05) is 25.5 Å². The Morgan fingerprint density at radius 3 is 2.33 bits per heavy atom. The molecule has 0 aliphatic carbocycles. The van der Waals surface area contributed by atoms with Gasteiger partial charge in [-0.1, -0.05) is 6.07 Å². The Morgan fingerprint density at radius 2 is 1.78 bits per heavy atom. The van der Waals surface area contributed by atoms with Crippen LogP contribution in [0, 0.1) is 0 Å². The Kier molecular flexibility index (Phi) is 6.44. The summed E-state index contributed by atoms with van der Waals surface area (Å²) in [5.41, 5.74) is -0.241. The third kappa shape index (κ3) is 5.47. The summed E-state index contributed by atoms with van der Waals surface area (Å²) in [6, 6.07) is 10.6. The molecule has 0 fully saturated rings. The van der Waals surface area contributed by atoms with Gasteiger partial charge in [0.1, 0.15) is 12.3 Å². The van der Waals surface area contributed by atoms with Gasteiger partial charge in [-0.2, -0.15) is 13.2 Å². The lowest BCUT2D eigenvalue weighted by Gasteiger charge is -2.20. The molecule has 1 N–H and O–H groups in total. The number of ether oxygens (including phenoxy) is 1. The Labute approximate surface area is 154 Å². The number of amides is 2. The van der Waals surface area contributed by atoms with Gasteiger partial charge in [0, 0.05) is 23.9 Å². The Morgan fingerprint density at radius 1 is 1.11 bits per heavy atom. The van der Waals surface area contributed by atoms with Crippen molar-refractivity contribution in [1.29, 1.82) is 0 Å². The van der Waals surface area contributed by atoms with Crippen LogP contribution in [0.1, 0.15) is 22.8 Å². The van der Waals surface area contributed by atoms with E-state index in [2.05, 4.69) is 5.32 Å². The lowest BCUT2D eigenvalue weighted by atomic mass is 10.1. The molecule has 0 saturated heterocycles. The van der Waals surface area contributed by atoms with Crippen LogP contribution in [0.4, 0.5) is 18.9 Å². The Balaban J connectivity index is 2.04. The maximum Gasteiger partial charge on any atom is 0.416 e. The van der Waals surface area contributed by atoms with Gasteiger partial charge in [-0.05, 0) is 43.3 Å². The van der Waals surface area contributed by atoms with Gasteiger partial charge in [0.05, 0.1) is 12.7 Å². The van der Waals surface area contributed by atoms with Gasteiger partial charge >= 0.3 is 6.18 Å². The molecular formula is C19H19F3N2O3. The smallest absolute Gasteiger partial charge is 0.416 e. The van der Waals surface area contributed by atoms with E-state index in [-0.39, 0.29) is 18.7 Å². The molecule has 5 nitrogen and oxygen atoms in total. The molecule has 27 heavy (non-hydrogen) atoms. The van der Waals surface area contributed by atoms with E-state index < -0.39 is 23.6 Å². The van der Waals surface area contributed by atoms with Crippen LogP contribution in [0.2, 0.25) is 0 Å². The van der Waals surface area contributed by atoms with E-state index >= 15 is 0 Å². The van der Waals surface area contributed by atoms with E-state index in [1.54, 1.807) is 31.2 Å². The second-order valence-corrected chi connectivity index (χ2v) is 5.67. The Hall–Kier alpha value is -3.03. The van der Waals surface area contributed by atoms with Crippen molar-refractivity contribution in [3.63, 3.8) is 0 Å². The average molecular weight is 380 g/mol. The van der Waals surface area contributed by atoms with Crippen LogP contribution in [0.15, 0.2) is 48.5 Å². The number of carbonyl (C=O) groups is 2. The molecule has 2 rings (SSSR count). The third-order valence-corrected chi connectivity index (χ3v) is 3.82. The molecule has 0 aliphatic heterocycles. The van der Waals surface area contributed by atoms with E-state index in [0.717, 1.165) is 24.3 Å². The van der Waals surface area contributed by atoms with Crippen LogP contribution in [0.3, 0.4) is 0 Å². The van der Waals surface area contributed by atoms with Crippen molar-refractivity contribution in [3.05, 3.63) is 59.7 Å². The standard InChI is InChI=1S/C19H19F3N2O3/c1-3-24(12-17(25)23-15-5-4-6-16(11-15)27-2)18(26)13-7-9-14(10-8-13)19(20,21)22/h4-11H,3,12H2,1-2H3,(H,23,25). The molecule has 0 bridgehead atoms. The SMILES string of the molecule is CCN(CC(=O)Nc1cccc(OC)c1)C(=O)c1ccc(C(F)(F)F)cc1. The third-order valence-electron chi connectivity index (χ3n) is 3.82. The number of hydrogen-bond acceptors (Lipinski definition) is 3. The fourth-order valence-electron chi connectivity index (χ4n) is 2.39. The highest BCUT2D eigenvalue weighted by Gasteiger charge is 2.30. The van der Waals surface area contributed by atoms with Gasteiger partial charge in [0.25, 0.3) is 5.91 Å².